The molecule has 1 saturated heterocycles. The number of halogens is 2. The van der Waals surface area contributed by atoms with Gasteiger partial charge in [0.1, 0.15) is 16.5 Å². The summed E-state index contributed by atoms with van der Waals surface area (Å²) < 4.78 is 77.4. The summed E-state index contributed by atoms with van der Waals surface area (Å²) >= 11 is 0. The Hall–Kier alpha value is -1.06. The summed E-state index contributed by atoms with van der Waals surface area (Å²) in [5, 5.41) is -1.14. The second-order valence-electron chi connectivity index (χ2n) is 6.37. The summed E-state index contributed by atoms with van der Waals surface area (Å²) in [4.78, 5) is -0.627. The number of sulfone groups is 1. The molecule has 1 aromatic rings. The molecule has 0 aromatic heterocycles. The third kappa shape index (κ3) is 3.09. The van der Waals surface area contributed by atoms with Gasteiger partial charge < -0.3 is 0 Å². The van der Waals surface area contributed by atoms with Crippen LogP contribution in [0.5, 0.6) is 0 Å². The number of sulfonamides is 1. The predicted octanol–water partition coefficient (Wildman–Crippen LogP) is 2.09. The van der Waals surface area contributed by atoms with E-state index in [4.69, 9.17) is 0 Å². The number of rotatable bonds is 4. The minimum atomic E-state index is -4.15. The number of nitrogens with zero attached hydrogens (tertiary/aromatic N) is 1. The third-order valence-electron chi connectivity index (χ3n) is 4.81. The molecule has 0 amide bonds. The first-order valence-corrected chi connectivity index (χ1v) is 11.0. The standard InChI is InChI=1S/C15H19F2NO4S2/c16-11-6-7-15(14(17)8-11)24(21,22)18-9-13(10-18)23(19,20)12-4-2-1-3-5-12/h6-8,12-13H,1-5,9-10H2. The van der Waals surface area contributed by atoms with Crippen LogP contribution in [0.1, 0.15) is 32.1 Å². The zero-order chi connectivity index (χ0) is 17.5. The fourth-order valence-corrected chi connectivity index (χ4v) is 7.37. The third-order valence-corrected chi connectivity index (χ3v) is 9.30. The molecular formula is C15H19F2NO4S2. The minimum absolute atomic E-state index is 0.169. The van der Waals surface area contributed by atoms with Crippen LogP contribution in [0.2, 0.25) is 0 Å². The molecule has 24 heavy (non-hydrogen) atoms. The Morgan fingerprint density at radius 2 is 1.54 bits per heavy atom. The van der Waals surface area contributed by atoms with E-state index < -0.39 is 46.9 Å². The topological polar surface area (TPSA) is 71.5 Å². The van der Waals surface area contributed by atoms with Gasteiger partial charge in [0, 0.05) is 19.2 Å². The predicted molar refractivity (Wildman–Crippen MR) is 84.7 cm³/mol. The lowest BCUT2D eigenvalue weighted by atomic mass is 10.0. The van der Waals surface area contributed by atoms with Crippen molar-refractivity contribution in [2.45, 2.75) is 47.5 Å². The average Bonchev–Trinajstić information content (AvgIpc) is 2.45. The van der Waals surface area contributed by atoms with Crippen molar-refractivity contribution in [3.63, 3.8) is 0 Å². The molecule has 1 aromatic carbocycles. The van der Waals surface area contributed by atoms with E-state index in [1.54, 1.807) is 0 Å². The molecule has 0 atom stereocenters. The second kappa shape index (κ2) is 6.34. The number of hydrogen-bond donors (Lipinski definition) is 0. The van der Waals surface area contributed by atoms with E-state index in [0.717, 1.165) is 35.7 Å². The summed E-state index contributed by atoms with van der Waals surface area (Å²) in [5.41, 5.74) is 0. The Kier molecular flexibility index (Phi) is 4.69. The van der Waals surface area contributed by atoms with E-state index in [1.165, 1.54) is 0 Å². The largest absolute Gasteiger partial charge is 0.246 e. The van der Waals surface area contributed by atoms with Gasteiger partial charge in [-0.1, -0.05) is 19.3 Å². The quantitative estimate of drug-likeness (QED) is 0.803. The Morgan fingerprint density at radius 1 is 0.917 bits per heavy atom. The van der Waals surface area contributed by atoms with Gasteiger partial charge in [0.15, 0.2) is 9.84 Å². The van der Waals surface area contributed by atoms with Gasteiger partial charge in [-0.05, 0) is 25.0 Å². The first-order chi connectivity index (χ1) is 11.2. The van der Waals surface area contributed by atoms with Gasteiger partial charge in [0.05, 0.1) is 10.5 Å². The lowest BCUT2D eigenvalue weighted by molar-refractivity contribution is 0.305. The minimum Gasteiger partial charge on any atom is -0.228 e. The lowest BCUT2D eigenvalue weighted by Crippen LogP contribution is -2.58. The monoisotopic (exact) mass is 379 g/mol. The van der Waals surface area contributed by atoms with Crippen molar-refractivity contribution in [2.24, 2.45) is 0 Å². The summed E-state index contributed by atoms with van der Waals surface area (Å²) in [5.74, 6) is -2.04. The van der Waals surface area contributed by atoms with E-state index in [9.17, 15) is 25.6 Å². The van der Waals surface area contributed by atoms with Crippen LogP contribution in [0, 0.1) is 11.6 Å². The molecule has 2 fully saturated rings. The van der Waals surface area contributed by atoms with E-state index in [1.807, 2.05) is 0 Å². The molecule has 134 valence electrons. The van der Waals surface area contributed by atoms with Crippen LogP contribution in [0.25, 0.3) is 0 Å². The zero-order valence-electron chi connectivity index (χ0n) is 13.0. The molecule has 0 unspecified atom stereocenters. The Balaban J connectivity index is 1.73. The van der Waals surface area contributed by atoms with Gasteiger partial charge in [-0.3, -0.25) is 0 Å². The highest BCUT2D eigenvalue weighted by molar-refractivity contribution is 7.93. The van der Waals surface area contributed by atoms with Crippen LogP contribution in [0.15, 0.2) is 23.1 Å². The van der Waals surface area contributed by atoms with Crippen molar-refractivity contribution < 1.29 is 25.6 Å². The van der Waals surface area contributed by atoms with Crippen LogP contribution in [-0.4, -0.2) is 44.7 Å². The van der Waals surface area contributed by atoms with Gasteiger partial charge in [0.2, 0.25) is 10.0 Å². The van der Waals surface area contributed by atoms with Crippen molar-refractivity contribution in [1.29, 1.82) is 0 Å². The molecule has 1 aliphatic carbocycles. The maximum absolute atomic E-state index is 13.7. The van der Waals surface area contributed by atoms with Crippen LogP contribution < -0.4 is 0 Å². The number of hydrogen-bond acceptors (Lipinski definition) is 4. The molecule has 2 aliphatic rings. The van der Waals surface area contributed by atoms with Gasteiger partial charge in [-0.25, -0.2) is 25.6 Å². The molecular weight excluding hydrogens is 360 g/mol. The fraction of sp³-hybridized carbons (Fsp3) is 0.600. The Morgan fingerprint density at radius 3 is 2.12 bits per heavy atom. The summed E-state index contributed by atoms with van der Waals surface area (Å²) in [7, 11) is -7.52. The average molecular weight is 379 g/mol. The molecule has 0 bridgehead atoms. The zero-order valence-corrected chi connectivity index (χ0v) is 14.6. The van der Waals surface area contributed by atoms with E-state index >= 15 is 0 Å². The molecule has 0 radical (unpaired) electrons. The summed E-state index contributed by atoms with van der Waals surface area (Å²) in [6.07, 6.45) is 4.02. The first-order valence-electron chi connectivity index (χ1n) is 7.91. The molecule has 1 aliphatic heterocycles. The number of benzene rings is 1. The first kappa shape index (κ1) is 17.8. The highest BCUT2D eigenvalue weighted by atomic mass is 32.2. The van der Waals surface area contributed by atoms with Crippen LogP contribution in [0.3, 0.4) is 0 Å². The SMILES string of the molecule is O=S(=O)(C1CCCCC1)C1CN(S(=O)(=O)c2ccc(F)cc2F)C1. The van der Waals surface area contributed by atoms with Crippen LogP contribution in [-0.2, 0) is 19.9 Å². The second-order valence-corrected chi connectivity index (χ2v) is 10.8. The molecule has 5 nitrogen and oxygen atoms in total. The van der Waals surface area contributed by atoms with Crippen molar-refractivity contribution in [2.75, 3.05) is 13.1 Å². The molecule has 3 rings (SSSR count). The van der Waals surface area contributed by atoms with Crippen LogP contribution >= 0.6 is 0 Å². The highest BCUT2D eigenvalue weighted by Crippen LogP contribution is 2.32. The normalized spacial score (nSPS) is 21.6. The van der Waals surface area contributed by atoms with Crippen molar-refractivity contribution in [3.05, 3.63) is 29.8 Å². The summed E-state index contributed by atoms with van der Waals surface area (Å²) in [6, 6.07) is 2.23. The Labute approximate surface area is 140 Å². The fourth-order valence-electron chi connectivity index (χ4n) is 3.29. The van der Waals surface area contributed by atoms with Gasteiger partial charge in [-0.2, -0.15) is 4.31 Å². The maximum atomic E-state index is 13.7. The maximum Gasteiger partial charge on any atom is 0.246 e. The van der Waals surface area contributed by atoms with Gasteiger partial charge in [0.25, 0.3) is 0 Å². The van der Waals surface area contributed by atoms with Crippen molar-refractivity contribution >= 4 is 19.9 Å². The van der Waals surface area contributed by atoms with Gasteiger partial charge in [-0.15, -0.1) is 0 Å². The highest BCUT2D eigenvalue weighted by Gasteiger charge is 2.46. The molecule has 1 saturated carbocycles. The lowest BCUT2D eigenvalue weighted by Gasteiger charge is -2.39. The van der Waals surface area contributed by atoms with Crippen LogP contribution in [0.4, 0.5) is 8.78 Å². The summed E-state index contributed by atoms with van der Waals surface area (Å²) in [6.45, 7) is -0.337. The smallest absolute Gasteiger partial charge is 0.228 e. The van der Waals surface area contributed by atoms with Crippen molar-refractivity contribution in [3.8, 4) is 0 Å². The van der Waals surface area contributed by atoms with E-state index in [2.05, 4.69) is 0 Å². The van der Waals surface area contributed by atoms with E-state index in [0.29, 0.717) is 18.9 Å². The molecule has 0 spiro atoms. The Bertz CT molecular complexity index is 827. The molecule has 1 heterocycles. The molecule has 9 heteroatoms. The molecule has 0 N–H and O–H groups in total. The van der Waals surface area contributed by atoms with E-state index in [-0.39, 0.29) is 13.1 Å². The van der Waals surface area contributed by atoms with Gasteiger partial charge >= 0.3 is 0 Å². The van der Waals surface area contributed by atoms with Crippen molar-refractivity contribution in [1.82, 2.24) is 4.31 Å².